The molecule has 0 spiro atoms. The summed E-state index contributed by atoms with van der Waals surface area (Å²) < 4.78 is 0. The lowest BCUT2D eigenvalue weighted by Crippen LogP contribution is -2.49. The number of para-hydroxylation sites is 1. The van der Waals surface area contributed by atoms with E-state index in [1.165, 1.54) is 0 Å². The van der Waals surface area contributed by atoms with Crippen LogP contribution in [-0.4, -0.2) is 36.4 Å². The van der Waals surface area contributed by atoms with Gasteiger partial charge in [-0.2, -0.15) is 0 Å². The van der Waals surface area contributed by atoms with Gasteiger partial charge in [0, 0.05) is 18.7 Å². The largest absolute Gasteiger partial charge is 0.330 e. The number of nitrogens with zero attached hydrogens (tertiary/aromatic N) is 3. The highest BCUT2D eigenvalue weighted by Crippen LogP contribution is 2.30. The van der Waals surface area contributed by atoms with Gasteiger partial charge in [0.25, 0.3) is 0 Å². The molecule has 16 heavy (non-hydrogen) atoms. The van der Waals surface area contributed by atoms with Gasteiger partial charge in [0.05, 0.1) is 12.2 Å². The second kappa shape index (κ2) is 3.33. The molecule has 0 aromatic heterocycles. The fourth-order valence-electron chi connectivity index (χ4n) is 2.32. The molecule has 2 heterocycles. The third-order valence-electron chi connectivity index (χ3n) is 3.05. The van der Waals surface area contributed by atoms with Crippen LogP contribution in [0.5, 0.6) is 0 Å². The zero-order chi connectivity index (χ0) is 11.1. The van der Waals surface area contributed by atoms with Gasteiger partial charge < -0.3 is 0 Å². The summed E-state index contributed by atoms with van der Waals surface area (Å²) in [5, 5.41) is 0. The second-order valence-electron chi connectivity index (χ2n) is 3.90. The van der Waals surface area contributed by atoms with E-state index in [0.717, 1.165) is 17.1 Å². The van der Waals surface area contributed by atoms with Crippen molar-refractivity contribution in [2.24, 2.45) is 4.99 Å². The summed E-state index contributed by atoms with van der Waals surface area (Å²) >= 11 is 0. The molecule has 0 radical (unpaired) electrons. The number of hydrogen-bond donors (Lipinski definition) is 0. The first-order chi connectivity index (χ1) is 7.83. The molecule has 2 aliphatic rings. The summed E-state index contributed by atoms with van der Waals surface area (Å²) in [6.07, 6.45) is 0. The van der Waals surface area contributed by atoms with Crippen molar-refractivity contribution in [1.82, 2.24) is 4.90 Å². The number of aliphatic imine (C=N–C) groups is 1. The third kappa shape index (κ3) is 1.10. The minimum atomic E-state index is 0.0532. The summed E-state index contributed by atoms with van der Waals surface area (Å²) in [7, 11) is 0. The van der Waals surface area contributed by atoms with E-state index >= 15 is 0 Å². The van der Waals surface area contributed by atoms with Gasteiger partial charge in [-0.15, -0.1) is 0 Å². The van der Waals surface area contributed by atoms with E-state index in [4.69, 9.17) is 0 Å². The Labute approximate surface area is 94.2 Å². The van der Waals surface area contributed by atoms with Crippen molar-refractivity contribution in [2.75, 3.05) is 24.5 Å². The Morgan fingerprint density at radius 1 is 1.38 bits per heavy atom. The van der Waals surface area contributed by atoms with Gasteiger partial charge in [-0.3, -0.25) is 14.8 Å². The maximum atomic E-state index is 12.2. The van der Waals surface area contributed by atoms with E-state index < -0.39 is 0 Å². The lowest BCUT2D eigenvalue weighted by molar-refractivity contribution is 0.229. The number of rotatable bonds is 1. The highest BCUT2D eigenvalue weighted by Gasteiger charge is 2.35. The molecule has 2 aliphatic heterocycles. The molecule has 0 saturated heterocycles. The first-order valence-electron chi connectivity index (χ1n) is 5.56. The Morgan fingerprint density at radius 2 is 2.19 bits per heavy atom. The zero-order valence-electron chi connectivity index (χ0n) is 9.18. The van der Waals surface area contributed by atoms with E-state index in [-0.39, 0.29) is 6.03 Å². The minimum absolute atomic E-state index is 0.0532. The van der Waals surface area contributed by atoms with Crippen LogP contribution < -0.4 is 4.90 Å². The summed E-state index contributed by atoms with van der Waals surface area (Å²) in [6, 6.07) is 8.01. The Kier molecular flexibility index (Phi) is 1.96. The summed E-state index contributed by atoms with van der Waals surface area (Å²) in [6.45, 7) is 4.11. The van der Waals surface area contributed by atoms with E-state index in [1.807, 2.05) is 31.2 Å². The van der Waals surface area contributed by atoms with Gasteiger partial charge in [0.1, 0.15) is 5.84 Å². The smallest absolute Gasteiger partial charge is 0.294 e. The summed E-state index contributed by atoms with van der Waals surface area (Å²) in [5.74, 6) is 0.838. The summed E-state index contributed by atoms with van der Waals surface area (Å²) in [5.41, 5.74) is 2.05. The highest BCUT2D eigenvalue weighted by atomic mass is 16.2. The Morgan fingerprint density at radius 3 is 3.00 bits per heavy atom. The van der Waals surface area contributed by atoms with Crippen LogP contribution in [0.3, 0.4) is 0 Å². The predicted molar refractivity (Wildman–Crippen MR) is 63.0 cm³/mol. The SMILES string of the molecule is CCN1C(=O)N2CCN=C2c2ccccc21. The molecule has 0 saturated carbocycles. The lowest BCUT2D eigenvalue weighted by atomic mass is 10.1. The van der Waals surface area contributed by atoms with Crippen molar-refractivity contribution in [2.45, 2.75) is 6.92 Å². The van der Waals surface area contributed by atoms with Crippen LogP contribution >= 0.6 is 0 Å². The molecule has 1 aromatic carbocycles. The van der Waals surface area contributed by atoms with Gasteiger partial charge >= 0.3 is 6.03 Å². The first kappa shape index (κ1) is 9.39. The Hall–Kier alpha value is -1.84. The zero-order valence-corrected chi connectivity index (χ0v) is 9.18. The molecule has 0 unspecified atom stereocenters. The minimum Gasteiger partial charge on any atom is -0.294 e. The highest BCUT2D eigenvalue weighted by molar-refractivity contribution is 6.19. The molecule has 0 N–H and O–H groups in total. The maximum absolute atomic E-state index is 12.2. The molecule has 4 nitrogen and oxygen atoms in total. The lowest BCUT2D eigenvalue weighted by Gasteiger charge is -2.34. The number of amides is 2. The first-order valence-corrected chi connectivity index (χ1v) is 5.56. The molecule has 0 bridgehead atoms. The predicted octanol–water partition coefficient (Wildman–Crippen LogP) is 1.71. The number of urea groups is 1. The van der Waals surface area contributed by atoms with Gasteiger partial charge in [0.15, 0.2) is 0 Å². The van der Waals surface area contributed by atoms with Crippen LogP contribution in [0.2, 0.25) is 0 Å². The fourth-order valence-corrected chi connectivity index (χ4v) is 2.32. The molecule has 3 rings (SSSR count). The third-order valence-corrected chi connectivity index (χ3v) is 3.05. The molecule has 82 valence electrons. The molecular formula is C12H13N3O. The fraction of sp³-hybridized carbons (Fsp3) is 0.333. The number of hydrogen-bond acceptors (Lipinski definition) is 2. The maximum Gasteiger partial charge on any atom is 0.330 e. The van der Waals surface area contributed by atoms with Crippen molar-refractivity contribution in [1.29, 1.82) is 0 Å². The molecule has 0 atom stereocenters. The molecule has 4 heteroatoms. The summed E-state index contributed by atoms with van der Waals surface area (Å²) in [4.78, 5) is 20.2. The molecule has 1 aromatic rings. The number of amidine groups is 1. The average molecular weight is 215 g/mol. The second-order valence-corrected chi connectivity index (χ2v) is 3.90. The van der Waals surface area contributed by atoms with E-state index in [1.54, 1.807) is 9.80 Å². The standard InChI is InChI=1S/C12H13N3O/c1-2-14-10-6-4-3-5-9(10)11-13-7-8-15(11)12(14)16/h3-6H,2,7-8H2,1H3. The van der Waals surface area contributed by atoms with Crippen LogP contribution in [0.4, 0.5) is 10.5 Å². The van der Waals surface area contributed by atoms with E-state index in [2.05, 4.69) is 4.99 Å². The molecular weight excluding hydrogens is 202 g/mol. The van der Waals surface area contributed by atoms with Crippen LogP contribution in [0, 0.1) is 0 Å². The van der Waals surface area contributed by atoms with E-state index in [0.29, 0.717) is 19.6 Å². The van der Waals surface area contributed by atoms with Gasteiger partial charge in [-0.25, -0.2) is 4.79 Å². The quantitative estimate of drug-likeness (QED) is 0.702. The number of carbonyl (C=O) groups is 1. The Balaban J connectivity index is 2.20. The van der Waals surface area contributed by atoms with Gasteiger partial charge in [0.2, 0.25) is 0 Å². The number of fused-ring (bicyclic) bond motifs is 3. The normalized spacial score (nSPS) is 18.3. The van der Waals surface area contributed by atoms with Crippen molar-refractivity contribution in [3.8, 4) is 0 Å². The van der Waals surface area contributed by atoms with Crippen molar-refractivity contribution < 1.29 is 4.79 Å². The van der Waals surface area contributed by atoms with Gasteiger partial charge in [-0.1, -0.05) is 12.1 Å². The van der Waals surface area contributed by atoms with Gasteiger partial charge in [-0.05, 0) is 19.1 Å². The number of carbonyl (C=O) groups excluding carboxylic acids is 1. The molecule has 0 aliphatic carbocycles. The van der Waals surface area contributed by atoms with Crippen molar-refractivity contribution in [3.63, 3.8) is 0 Å². The van der Waals surface area contributed by atoms with E-state index in [9.17, 15) is 4.79 Å². The average Bonchev–Trinajstić information content (AvgIpc) is 2.79. The van der Waals surface area contributed by atoms with Crippen molar-refractivity contribution >= 4 is 17.6 Å². The monoisotopic (exact) mass is 215 g/mol. The van der Waals surface area contributed by atoms with Crippen LogP contribution in [0.25, 0.3) is 0 Å². The molecule has 2 amide bonds. The van der Waals surface area contributed by atoms with Crippen molar-refractivity contribution in [3.05, 3.63) is 29.8 Å². The topological polar surface area (TPSA) is 35.9 Å². The van der Waals surface area contributed by atoms with Crippen LogP contribution in [-0.2, 0) is 0 Å². The van der Waals surface area contributed by atoms with Crippen LogP contribution in [0.15, 0.2) is 29.3 Å². The van der Waals surface area contributed by atoms with Crippen LogP contribution in [0.1, 0.15) is 12.5 Å². The Bertz CT molecular complexity index is 481. The number of benzene rings is 1. The number of anilines is 1. The molecule has 0 fully saturated rings.